The number of nitro benzene ring substituents is 1. The standard InChI is InChI=1S/C19H13N3O7S/c23-16(20-13-5-3-12(4-6-13)18(25)26)10-21-17(24)15(30-19(21)27)9-11-1-7-14(8-2-11)22(28)29/h1-9H,10H2,(H,20,23)(H,25,26)/b15-9-. The van der Waals surface area contributed by atoms with Crippen LogP contribution in [0.25, 0.3) is 6.08 Å². The first-order valence-electron chi connectivity index (χ1n) is 8.37. The molecule has 2 aromatic carbocycles. The highest BCUT2D eigenvalue weighted by atomic mass is 32.2. The minimum absolute atomic E-state index is 0.0512. The van der Waals surface area contributed by atoms with Gasteiger partial charge in [0.05, 0.1) is 15.4 Å². The van der Waals surface area contributed by atoms with Crippen LogP contribution in [0.5, 0.6) is 0 Å². The van der Waals surface area contributed by atoms with Crippen molar-refractivity contribution >= 4 is 52.2 Å². The average molecular weight is 427 g/mol. The number of carboxylic acid groups (broad SMARTS) is 1. The van der Waals surface area contributed by atoms with Gasteiger partial charge in [-0.15, -0.1) is 0 Å². The number of hydrogen-bond donors (Lipinski definition) is 2. The molecule has 3 amide bonds. The molecule has 1 aliphatic heterocycles. The molecular formula is C19H13N3O7S. The molecule has 0 aromatic heterocycles. The molecule has 0 radical (unpaired) electrons. The van der Waals surface area contributed by atoms with Gasteiger partial charge in [0.25, 0.3) is 16.8 Å². The van der Waals surface area contributed by atoms with Crippen LogP contribution in [0.3, 0.4) is 0 Å². The van der Waals surface area contributed by atoms with E-state index < -0.39 is 34.5 Å². The van der Waals surface area contributed by atoms with Crippen LogP contribution in [0.15, 0.2) is 53.4 Å². The molecule has 10 nitrogen and oxygen atoms in total. The van der Waals surface area contributed by atoms with Gasteiger partial charge < -0.3 is 10.4 Å². The number of anilines is 1. The average Bonchev–Trinajstić information content (AvgIpc) is 2.96. The SMILES string of the molecule is O=C(CN1C(=O)S/C(=C\c2ccc([N+](=O)[O-])cc2)C1=O)Nc1ccc(C(=O)O)cc1. The van der Waals surface area contributed by atoms with Crippen molar-refractivity contribution in [2.75, 3.05) is 11.9 Å². The fourth-order valence-corrected chi connectivity index (χ4v) is 3.36. The Labute approximate surface area is 173 Å². The second-order valence-corrected chi connectivity index (χ2v) is 7.04. The van der Waals surface area contributed by atoms with Gasteiger partial charge in [0.2, 0.25) is 5.91 Å². The molecule has 0 aliphatic carbocycles. The van der Waals surface area contributed by atoms with E-state index in [4.69, 9.17) is 5.11 Å². The molecule has 1 heterocycles. The molecule has 0 spiro atoms. The van der Waals surface area contributed by atoms with Crippen LogP contribution in [0.1, 0.15) is 15.9 Å². The minimum Gasteiger partial charge on any atom is -0.478 e. The molecular weight excluding hydrogens is 414 g/mol. The van der Waals surface area contributed by atoms with Crippen molar-refractivity contribution in [3.05, 3.63) is 74.7 Å². The van der Waals surface area contributed by atoms with Gasteiger partial charge in [-0.2, -0.15) is 0 Å². The molecule has 1 saturated heterocycles. The summed E-state index contributed by atoms with van der Waals surface area (Å²) in [6.45, 7) is -0.511. The fraction of sp³-hybridized carbons (Fsp3) is 0.0526. The highest BCUT2D eigenvalue weighted by molar-refractivity contribution is 8.18. The number of benzene rings is 2. The first-order valence-corrected chi connectivity index (χ1v) is 9.19. The second kappa shape index (κ2) is 8.57. The summed E-state index contributed by atoms with van der Waals surface area (Å²) in [7, 11) is 0. The molecule has 0 unspecified atom stereocenters. The van der Waals surface area contributed by atoms with Gasteiger partial charge >= 0.3 is 5.97 Å². The van der Waals surface area contributed by atoms with Crippen LogP contribution in [0.4, 0.5) is 16.2 Å². The Morgan fingerprint density at radius 2 is 1.73 bits per heavy atom. The zero-order chi connectivity index (χ0) is 21.8. The van der Waals surface area contributed by atoms with Crippen molar-refractivity contribution in [2.45, 2.75) is 0 Å². The van der Waals surface area contributed by atoms with Crippen LogP contribution in [0.2, 0.25) is 0 Å². The number of rotatable bonds is 6. The second-order valence-electron chi connectivity index (χ2n) is 6.05. The lowest BCUT2D eigenvalue weighted by Gasteiger charge is -2.12. The summed E-state index contributed by atoms with van der Waals surface area (Å²) in [5, 5.41) is 21.4. The molecule has 1 fully saturated rings. The van der Waals surface area contributed by atoms with Gasteiger partial charge in [-0.3, -0.25) is 29.4 Å². The number of aromatic carboxylic acids is 1. The summed E-state index contributed by atoms with van der Waals surface area (Å²) in [6.07, 6.45) is 1.41. The Morgan fingerprint density at radius 3 is 2.30 bits per heavy atom. The van der Waals surface area contributed by atoms with Crippen molar-refractivity contribution in [1.29, 1.82) is 0 Å². The minimum atomic E-state index is -1.11. The van der Waals surface area contributed by atoms with E-state index in [1.54, 1.807) is 0 Å². The Kier molecular flexibility index (Phi) is 5.93. The van der Waals surface area contributed by atoms with E-state index >= 15 is 0 Å². The maximum atomic E-state index is 12.5. The van der Waals surface area contributed by atoms with E-state index in [0.717, 1.165) is 4.90 Å². The number of thioether (sulfide) groups is 1. The largest absolute Gasteiger partial charge is 0.478 e. The molecule has 30 heavy (non-hydrogen) atoms. The van der Waals surface area contributed by atoms with Crippen molar-refractivity contribution in [2.24, 2.45) is 0 Å². The summed E-state index contributed by atoms with van der Waals surface area (Å²) >= 11 is 0.660. The molecule has 0 saturated carbocycles. The molecule has 3 rings (SSSR count). The van der Waals surface area contributed by atoms with Crippen LogP contribution in [-0.4, -0.2) is 44.5 Å². The normalized spacial score (nSPS) is 14.8. The van der Waals surface area contributed by atoms with Crippen LogP contribution >= 0.6 is 11.8 Å². The van der Waals surface area contributed by atoms with E-state index in [9.17, 15) is 29.3 Å². The number of nitrogens with one attached hydrogen (secondary N) is 1. The van der Waals surface area contributed by atoms with Crippen LogP contribution in [0, 0.1) is 10.1 Å². The van der Waals surface area contributed by atoms with Gasteiger partial charge in [0.15, 0.2) is 0 Å². The molecule has 0 bridgehead atoms. The van der Waals surface area contributed by atoms with Crippen molar-refractivity contribution < 1.29 is 29.2 Å². The molecule has 11 heteroatoms. The predicted octanol–water partition coefficient (Wildman–Crippen LogP) is 2.97. The maximum Gasteiger partial charge on any atom is 0.335 e. The monoisotopic (exact) mass is 427 g/mol. The Bertz CT molecular complexity index is 1080. The highest BCUT2D eigenvalue weighted by Gasteiger charge is 2.36. The smallest absolute Gasteiger partial charge is 0.335 e. The molecule has 0 atom stereocenters. The fourth-order valence-electron chi connectivity index (χ4n) is 2.52. The molecule has 1 aliphatic rings. The topological polar surface area (TPSA) is 147 Å². The van der Waals surface area contributed by atoms with Gasteiger partial charge in [-0.05, 0) is 59.8 Å². The zero-order valence-electron chi connectivity index (χ0n) is 15.1. The molecule has 2 N–H and O–H groups in total. The lowest BCUT2D eigenvalue weighted by Crippen LogP contribution is -2.36. The lowest BCUT2D eigenvalue weighted by atomic mass is 10.2. The Hall–Kier alpha value is -3.99. The summed E-state index contributed by atoms with van der Waals surface area (Å²) in [4.78, 5) is 58.6. The predicted molar refractivity (Wildman–Crippen MR) is 108 cm³/mol. The zero-order valence-corrected chi connectivity index (χ0v) is 15.9. The molecule has 152 valence electrons. The summed E-state index contributed by atoms with van der Waals surface area (Å²) in [5.74, 6) is -2.39. The first kappa shape index (κ1) is 20.7. The van der Waals surface area contributed by atoms with E-state index in [-0.39, 0.29) is 16.2 Å². The summed E-state index contributed by atoms with van der Waals surface area (Å²) < 4.78 is 0. The number of hydrogen-bond acceptors (Lipinski definition) is 7. The summed E-state index contributed by atoms with van der Waals surface area (Å²) in [5.41, 5.74) is 0.760. The Morgan fingerprint density at radius 1 is 1.10 bits per heavy atom. The van der Waals surface area contributed by atoms with E-state index in [1.165, 1.54) is 54.6 Å². The number of nitrogens with zero attached hydrogens (tertiary/aromatic N) is 2. The van der Waals surface area contributed by atoms with Crippen molar-refractivity contribution in [1.82, 2.24) is 4.90 Å². The van der Waals surface area contributed by atoms with E-state index in [2.05, 4.69) is 5.32 Å². The highest BCUT2D eigenvalue weighted by Crippen LogP contribution is 2.32. The summed E-state index contributed by atoms with van der Waals surface area (Å²) in [6, 6.07) is 10.8. The van der Waals surface area contributed by atoms with Crippen molar-refractivity contribution in [3.8, 4) is 0 Å². The quantitative estimate of drug-likeness (QED) is 0.406. The van der Waals surface area contributed by atoms with E-state index in [0.29, 0.717) is 23.0 Å². The number of amides is 3. The number of carboxylic acids is 1. The van der Waals surface area contributed by atoms with Gasteiger partial charge in [-0.25, -0.2) is 4.79 Å². The Balaban J connectivity index is 1.66. The van der Waals surface area contributed by atoms with Crippen LogP contribution < -0.4 is 5.32 Å². The number of imide groups is 1. The lowest BCUT2D eigenvalue weighted by molar-refractivity contribution is -0.384. The molecule has 2 aromatic rings. The first-order chi connectivity index (χ1) is 14.2. The number of carbonyl (C=O) groups excluding carboxylic acids is 3. The third kappa shape index (κ3) is 4.70. The van der Waals surface area contributed by atoms with Crippen molar-refractivity contribution in [3.63, 3.8) is 0 Å². The van der Waals surface area contributed by atoms with Gasteiger partial charge in [0, 0.05) is 17.8 Å². The maximum absolute atomic E-state index is 12.5. The third-order valence-corrected chi connectivity index (χ3v) is 4.90. The number of nitro groups is 1. The number of carbonyl (C=O) groups is 4. The van der Waals surface area contributed by atoms with Crippen LogP contribution in [-0.2, 0) is 9.59 Å². The number of non-ortho nitro benzene ring substituents is 1. The van der Waals surface area contributed by atoms with Gasteiger partial charge in [-0.1, -0.05) is 0 Å². The van der Waals surface area contributed by atoms with Gasteiger partial charge in [0.1, 0.15) is 6.54 Å². The third-order valence-electron chi connectivity index (χ3n) is 3.99. The van der Waals surface area contributed by atoms with E-state index in [1.807, 2.05) is 0 Å².